The van der Waals surface area contributed by atoms with Gasteiger partial charge in [0.2, 0.25) is 0 Å². The molecule has 0 spiro atoms. The summed E-state index contributed by atoms with van der Waals surface area (Å²) in [6, 6.07) is 0. The molecule has 0 bridgehead atoms. The standard InChI is InChI=1S/C20H38F3NO/c1-2-3-4-5-8-11-16-24(18-14-15-20(21,22)23)17-12-9-6-7-10-13-19-25/h19H,2-18H2,1H3. The van der Waals surface area contributed by atoms with E-state index in [2.05, 4.69) is 11.8 Å². The SMILES string of the molecule is CCCCCCCCN(CCCCCCCC=O)CCCC(F)(F)F. The van der Waals surface area contributed by atoms with Crippen molar-refractivity contribution < 1.29 is 18.0 Å². The van der Waals surface area contributed by atoms with Gasteiger partial charge in [-0.2, -0.15) is 13.2 Å². The van der Waals surface area contributed by atoms with Crippen molar-refractivity contribution in [2.45, 2.75) is 103 Å². The van der Waals surface area contributed by atoms with E-state index in [-0.39, 0.29) is 6.42 Å². The van der Waals surface area contributed by atoms with Crippen LogP contribution in [0.1, 0.15) is 96.8 Å². The highest BCUT2D eigenvalue weighted by molar-refractivity contribution is 5.48. The molecule has 0 aliphatic heterocycles. The molecule has 0 aliphatic carbocycles. The highest BCUT2D eigenvalue weighted by Crippen LogP contribution is 2.21. The summed E-state index contributed by atoms with van der Waals surface area (Å²) in [4.78, 5) is 12.5. The Hall–Kier alpha value is -0.580. The fourth-order valence-electron chi connectivity index (χ4n) is 3.05. The van der Waals surface area contributed by atoms with Gasteiger partial charge < -0.3 is 9.69 Å². The fourth-order valence-corrected chi connectivity index (χ4v) is 3.05. The smallest absolute Gasteiger partial charge is 0.303 e. The van der Waals surface area contributed by atoms with Crippen LogP contribution in [0.25, 0.3) is 0 Å². The lowest BCUT2D eigenvalue weighted by molar-refractivity contribution is -0.136. The average Bonchev–Trinajstić information content (AvgIpc) is 2.55. The first kappa shape index (κ1) is 24.4. The first-order valence-electron chi connectivity index (χ1n) is 10.2. The molecule has 0 rings (SSSR count). The Morgan fingerprint density at radius 2 is 1.20 bits per heavy atom. The van der Waals surface area contributed by atoms with Crippen LogP contribution < -0.4 is 0 Å². The summed E-state index contributed by atoms with van der Waals surface area (Å²) < 4.78 is 37.0. The number of hydrogen-bond acceptors (Lipinski definition) is 2. The minimum absolute atomic E-state index is 0.207. The van der Waals surface area contributed by atoms with Crippen LogP contribution in [0.4, 0.5) is 13.2 Å². The van der Waals surface area contributed by atoms with Gasteiger partial charge in [0.1, 0.15) is 6.29 Å². The number of nitrogens with zero attached hydrogens (tertiary/aromatic N) is 1. The van der Waals surface area contributed by atoms with Crippen LogP contribution >= 0.6 is 0 Å². The Kier molecular flexibility index (Phi) is 16.5. The van der Waals surface area contributed by atoms with Gasteiger partial charge in [0.25, 0.3) is 0 Å². The van der Waals surface area contributed by atoms with Gasteiger partial charge in [0, 0.05) is 12.8 Å². The average molecular weight is 366 g/mol. The van der Waals surface area contributed by atoms with Crippen LogP contribution in [0.3, 0.4) is 0 Å². The molecular weight excluding hydrogens is 327 g/mol. The maximum atomic E-state index is 12.3. The molecule has 0 aromatic carbocycles. The molecular formula is C20H38F3NO. The second-order valence-corrected chi connectivity index (χ2v) is 7.05. The highest BCUT2D eigenvalue weighted by Gasteiger charge is 2.26. The van der Waals surface area contributed by atoms with Gasteiger partial charge in [0.05, 0.1) is 0 Å². The van der Waals surface area contributed by atoms with Gasteiger partial charge in [0.15, 0.2) is 0 Å². The van der Waals surface area contributed by atoms with E-state index in [0.717, 1.165) is 57.9 Å². The molecule has 2 nitrogen and oxygen atoms in total. The molecule has 0 unspecified atom stereocenters. The van der Waals surface area contributed by atoms with Crippen molar-refractivity contribution in [1.82, 2.24) is 4.90 Å². The number of carbonyl (C=O) groups is 1. The third-order valence-corrected chi connectivity index (χ3v) is 4.56. The Labute approximate surface area is 152 Å². The normalized spacial score (nSPS) is 12.0. The molecule has 0 radical (unpaired) electrons. The molecule has 150 valence electrons. The minimum atomic E-state index is -4.04. The van der Waals surface area contributed by atoms with Crippen LogP contribution in [-0.2, 0) is 4.79 Å². The van der Waals surface area contributed by atoms with E-state index < -0.39 is 12.6 Å². The molecule has 0 heterocycles. The van der Waals surface area contributed by atoms with Crippen molar-refractivity contribution >= 4 is 6.29 Å². The van der Waals surface area contributed by atoms with Crippen LogP contribution in [0.15, 0.2) is 0 Å². The Bertz CT molecular complexity index is 295. The number of unbranched alkanes of at least 4 members (excludes halogenated alkanes) is 10. The van der Waals surface area contributed by atoms with Gasteiger partial charge in [-0.1, -0.05) is 58.3 Å². The second-order valence-electron chi connectivity index (χ2n) is 7.05. The Balaban J connectivity index is 3.88. The molecule has 5 heteroatoms. The summed E-state index contributed by atoms with van der Waals surface area (Å²) in [6.07, 6.45) is 9.67. The zero-order valence-corrected chi connectivity index (χ0v) is 16.1. The Morgan fingerprint density at radius 1 is 0.720 bits per heavy atom. The first-order valence-corrected chi connectivity index (χ1v) is 10.2. The van der Waals surface area contributed by atoms with E-state index in [1.165, 1.54) is 32.1 Å². The molecule has 0 aromatic rings. The quantitative estimate of drug-likeness (QED) is 0.203. The molecule has 0 aromatic heterocycles. The third-order valence-electron chi connectivity index (χ3n) is 4.56. The number of carbonyl (C=O) groups excluding carboxylic acids is 1. The number of halogens is 3. The van der Waals surface area contributed by atoms with E-state index in [4.69, 9.17) is 0 Å². The lowest BCUT2D eigenvalue weighted by Gasteiger charge is -2.22. The highest BCUT2D eigenvalue weighted by atomic mass is 19.4. The van der Waals surface area contributed by atoms with Crippen LogP contribution in [0.2, 0.25) is 0 Å². The number of alkyl halides is 3. The van der Waals surface area contributed by atoms with Gasteiger partial charge in [-0.05, 0) is 45.3 Å². The lowest BCUT2D eigenvalue weighted by Crippen LogP contribution is -2.28. The largest absolute Gasteiger partial charge is 0.389 e. The fraction of sp³-hybridized carbons (Fsp3) is 0.950. The summed E-state index contributed by atoms with van der Waals surface area (Å²) in [5.74, 6) is 0. The number of rotatable bonds is 18. The van der Waals surface area contributed by atoms with E-state index in [0.29, 0.717) is 13.0 Å². The van der Waals surface area contributed by atoms with Crippen molar-refractivity contribution in [3.63, 3.8) is 0 Å². The van der Waals surface area contributed by atoms with E-state index >= 15 is 0 Å². The molecule has 0 saturated carbocycles. The maximum absolute atomic E-state index is 12.3. The zero-order valence-electron chi connectivity index (χ0n) is 16.1. The first-order chi connectivity index (χ1) is 12.0. The van der Waals surface area contributed by atoms with Crippen molar-refractivity contribution in [1.29, 1.82) is 0 Å². The van der Waals surface area contributed by atoms with Gasteiger partial charge in [-0.15, -0.1) is 0 Å². The third kappa shape index (κ3) is 19.6. The predicted molar refractivity (Wildman–Crippen MR) is 98.9 cm³/mol. The van der Waals surface area contributed by atoms with Crippen molar-refractivity contribution in [3.8, 4) is 0 Å². The zero-order chi connectivity index (χ0) is 18.8. The number of hydrogen-bond donors (Lipinski definition) is 0. The van der Waals surface area contributed by atoms with E-state index in [9.17, 15) is 18.0 Å². The summed E-state index contributed by atoms with van der Waals surface area (Å²) in [7, 11) is 0. The van der Waals surface area contributed by atoms with Crippen molar-refractivity contribution in [3.05, 3.63) is 0 Å². The monoisotopic (exact) mass is 365 g/mol. The molecule has 0 N–H and O–H groups in total. The number of aldehydes is 1. The van der Waals surface area contributed by atoms with Gasteiger partial charge in [-0.25, -0.2) is 0 Å². The molecule has 0 amide bonds. The van der Waals surface area contributed by atoms with E-state index in [1.54, 1.807) is 0 Å². The minimum Gasteiger partial charge on any atom is -0.303 e. The van der Waals surface area contributed by atoms with Crippen LogP contribution in [0, 0.1) is 0 Å². The second kappa shape index (κ2) is 16.9. The maximum Gasteiger partial charge on any atom is 0.389 e. The molecule has 0 aliphatic rings. The van der Waals surface area contributed by atoms with E-state index in [1.807, 2.05) is 0 Å². The molecule has 0 fully saturated rings. The molecule has 25 heavy (non-hydrogen) atoms. The molecule has 0 atom stereocenters. The van der Waals surface area contributed by atoms with Crippen LogP contribution in [0.5, 0.6) is 0 Å². The van der Waals surface area contributed by atoms with Gasteiger partial charge >= 0.3 is 6.18 Å². The topological polar surface area (TPSA) is 20.3 Å². The van der Waals surface area contributed by atoms with Gasteiger partial charge in [-0.3, -0.25) is 0 Å². The molecule has 0 saturated heterocycles. The predicted octanol–water partition coefficient (Wildman–Crippen LogP) is 6.53. The Morgan fingerprint density at radius 3 is 1.72 bits per heavy atom. The summed E-state index contributed by atoms with van der Waals surface area (Å²) >= 11 is 0. The van der Waals surface area contributed by atoms with Crippen LogP contribution in [-0.4, -0.2) is 37.0 Å². The summed E-state index contributed by atoms with van der Waals surface area (Å²) in [5, 5.41) is 0. The van der Waals surface area contributed by atoms with Crippen molar-refractivity contribution in [2.75, 3.05) is 19.6 Å². The summed E-state index contributed by atoms with van der Waals surface area (Å²) in [6.45, 7) is 4.58. The van der Waals surface area contributed by atoms with Crippen molar-refractivity contribution in [2.24, 2.45) is 0 Å². The lowest BCUT2D eigenvalue weighted by atomic mass is 10.1. The summed E-state index contributed by atoms with van der Waals surface area (Å²) in [5.41, 5.74) is 0.